The molecule has 0 bridgehead atoms. The third-order valence-corrected chi connectivity index (χ3v) is 7.71. The van der Waals surface area contributed by atoms with Crippen LogP contribution in [0, 0.1) is 11.8 Å². The first-order chi connectivity index (χ1) is 17.7. The van der Waals surface area contributed by atoms with Crippen molar-refractivity contribution < 1.29 is 23.6 Å². The molecule has 3 aliphatic rings. The van der Waals surface area contributed by atoms with Crippen LogP contribution in [0.15, 0.2) is 27.5 Å². The molecule has 0 radical (unpaired) electrons. The van der Waals surface area contributed by atoms with Crippen molar-refractivity contribution in [3.63, 3.8) is 0 Å². The van der Waals surface area contributed by atoms with Crippen LogP contribution in [0.5, 0.6) is 0 Å². The van der Waals surface area contributed by atoms with E-state index in [9.17, 15) is 19.1 Å². The number of aromatic nitrogens is 1. The lowest BCUT2D eigenvalue weighted by atomic mass is 9.69. The lowest BCUT2D eigenvalue weighted by molar-refractivity contribution is -0.137. The summed E-state index contributed by atoms with van der Waals surface area (Å²) in [5, 5.41) is 16.9. The number of halogens is 2. The van der Waals surface area contributed by atoms with E-state index < -0.39 is 23.8 Å². The Hall–Kier alpha value is -2.15. The molecule has 2 atom stereocenters. The summed E-state index contributed by atoms with van der Waals surface area (Å²) in [5.74, 6) is 0.679. The molecular formula is C29H42ClFN2O4. The third kappa shape index (κ3) is 8.17. The highest BCUT2D eigenvalue weighted by Gasteiger charge is 2.41. The zero-order valence-corrected chi connectivity index (χ0v) is 23.3. The lowest BCUT2D eigenvalue weighted by Gasteiger charge is -2.35. The number of carbonyl (C=O) groups excluding carboxylic acids is 1. The monoisotopic (exact) mass is 536 g/mol. The highest BCUT2D eigenvalue weighted by atomic mass is 35.5. The smallest absolute Gasteiger partial charge is 0.303 e. The van der Waals surface area contributed by atoms with Gasteiger partial charge in [0.15, 0.2) is 0 Å². The molecule has 0 spiro atoms. The summed E-state index contributed by atoms with van der Waals surface area (Å²) < 4.78 is 20.4. The predicted molar refractivity (Wildman–Crippen MR) is 143 cm³/mol. The number of amides is 1. The number of allylic oxidation sites excluding steroid dienone is 3. The Balaban J connectivity index is 0.00000186. The number of hydrogen-bond donors (Lipinski definition) is 2. The minimum Gasteiger partial charge on any atom is -0.481 e. The summed E-state index contributed by atoms with van der Waals surface area (Å²) in [4.78, 5) is 24.3. The Kier molecular flexibility index (Phi) is 10.8. The van der Waals surface area contributed by atoms with Crippen LogP contribution in [0.4, 0.5) is 4.39 Å². The van der Waals surface area contributed by atoms with Crippen LogP contribution < -0.4 is 5.32 Å². The topological polar surface area (TPSA) is 92.4 Å². The first-order valence-corrected chi connectivity index (χ1v) is 14.3. The maximum Gasteiger partial charge on any atom is 0.303 e. The van der Waals surface area contributed by atoms with Crippen molar-refractivity contribution in [2.45, 2.75) is 116 Å². The summed E-state index contributed by atoms with van der Waals surface area (Å²) in [5.41, 5.74) is 2.12. The molecule has 1 amide bonds. The molecule has 0 aliphatic heterocycles. The van der Waals surface area contributed by atoms with Gasteiger partial charge in [-0.1, -0.05) is 50.5 Å². The molecule has 1 aromatic rings. The van der Waals surface area contributed by atoms with E-state index >= 15 is 0 Å². The molecule has 206 valence electrons. The molecule has 1 unspecified atom stereocenters. The van der Waals surface area contributed by atoms with E-state index in [1.54, 1.807) is 6.08 Å². The Morgan fingerprint density at radius 1 is 1.22 bits per heavy atom. The molecule has 3 aliphatic carbocycles. The van der Waals surface area contributed by atoms with Crippen LogP contribution in [0.3, 0.4) is 0 Å². The molecule has 37 heavy (non-hydrogen) atoms. The number of aliphatic carboxylic acids is 1. The van der Waals surface area contributed by atoms with E-state index in [1.165, 1.54) is 12.5 Å². The number of carboxylic acids is 1. The SMILES string of the molecule is CC.CC(C)CC1CC(c2noc([C@@H](CCC(=O)O)CC(=O)NC3CCC=C(Cl)C=C3F)c2C2CC2)C1. The average molecular weight is 537 g/mol. The molecule has 0 saturated heterocycles. The lowest BCUT2D eigenvalue weighted by Crippen LogP contribution is -2.36. The fraction of sp³-hybridized carbons (Fsp3) is 0.690. The zero-order valence-electron chi connectivity index (χ0n) is 22.6. The zero-order chi connectivity index (χ0) is 27.1. The molecule has 6 nitrogen and oxygen atoms in total. The maximum absolute atomic E-state index is 14.5. The van der Waals surface area contributed by atoms with E-state index in [1.807, 2.05) is 13.8 Å². The van der Waals surface area contributed by atoms with Gasteiger partial charge in [0.2, 0.25) is 5.91 Å². The van der Waals surface area contributed by atoms with Crippen LogP contribution in [0.2, 0.25) is 0 Å². The highest BCUT2D eigenvalue weighted by Crippen LogP contribution is 2.52. The minimum atomic E-state index is -0.919. The molecule has 0 aromatic carbocycles. The highest BCUT2D eigenvalue weighted by molar-refractivity contribution is 6.31. The number of carbonyl (C=O) groups is 2. The quantitative estimate of drug-likeness (QED) is 0.302. The Morgan fingerprint density at radius 2 is 1.92 bits per heavy atom. The summed E-state index contributed by atoms with van der Waals surface area (Å²) >= 11 is 5.94. The van der Waals surface area contributed by atoms with Crippen LogP contribution >= 0.6 is 11.6 Å². The minimum absolute atomic E-state index is 0.0349. The Bertz CT molecular complexity index is 992. The van der Waals surface area contributed by atoms with Gasteiger partial charge in [-0.3, -0.25) is 9.59 Å². The molecular weight excluding hydrogens is 495 g/mol. The van der Waals surface area contributed by atoms with Crippen molar-refractivity contribution in [2.24, 2.45) is 11.8 Å². The predicted octanol–water partition coefficient (Wildman–Crippen LogP) is 7.71. The molecule has 1 heterocycles. The second-order valence-electron chi connectivity index (χ2n) is 10.9. The maximum atomic E-state index is 14.5. The second kappa shape index (κ2) is 13.6. The van der Waals surface area contributed by atoms with Crippen LogP contribution in [-0.4, -0.2) is 28.2 Å². The largest absolute Gasteiger partial charge is 0.481 e. The van der Waals surface area contributed by atoms with E-state index in [0.29, 0.717) is 47.3 Å². The first kappa shape index (κ1) is 29.4. The van der Waals surface area contributed by atoms with Crippen LogP contribution in [-0.2, 0) is 9.59 Å². The molecule has 4 rings (SSSR count). The fourth-order valence-electron chi connectivity index (χ4n) is 5.57. The number of carboxylic acid groups (broad SMARTS) is 1. The normalized spacial score (nSPS) is 24.1. The van der Waals surface area contributed by atoms with Gasteiger partial charge in [0, 0.05) is 35.3 Å². The average Bonchev–Trinajstić information content (AvgIpc) is 3.59. The van der Waals surface area contributed by atoms with Gasteiger partial charge in [0.1, 0.15) is 11.6 Å². The Morgan fingerprint density at radius 3 is 2.54 bits per heavy atom. The van der Waals surface area contributed by atoms with Crippen molar-refractivity contribution in [1.82, 2.24) is 10.5 Å². The van der Waals surface area contributed by atoms with Crippen molar-refractivity contribution in [2.75, 3.05) is 0 Å². The van der Waals surface area contributed by atoms with Gasteiger partial charge in [0.25, 0.3) is 0 Å². The third-order valence-electron chi connectivity index (χ3n) is 7.44. The van der Waals surface area contributed by atoms with Crippen molar-refractivity contribution in [1.29, 1.82) is 0 Å². The molecule has 2 fully saturated rings. The van der Waals surface area contributed by atoms with E-state index in [2.05, 4.69) is 24.3 Å². The van der Waals surface area contributed by atoms with Gasteiger partial charge in [-0.25, -0.2) is 4.39 Å². The molecule has 1 aromatic heterocycles. The number of rotatable bonds is 11. The molecule has 8 heteroatoms. The van der Waals surface area contributed by atoms with E-state index in [4.69, 9.17) is 16.1 Å². The van der Waals surface area contributed by atoms with Gasteiger partial charge in [-0.05, 0) is 75.2 Å². The van der Waals surface area contributed by atoms with Crippen LogP contribution in [0.25, 0.3) is 0 Å². The fourth-order valence-corrected chi connectivity index (χ4v) is 5.78. The number of hydrogen-bond acceptors (Lipinski definition) is 4. The van der Waals surface area contributed by atoms with Crippen molar-refractivity contribution >= 4 is 23.5 Å². The van der Waals surface area contributed by atoms with Gasteiger partial charge >= 0.3 is 5.97 Å². The van der Waals surface area contributed by atoms with Gasteiger partial charge in [-0.15, -0.1) is 0 Å². The van der Waals surface area contributed by atoms with Crippen LogP contribution in [0.1, 0.15) is 127 Å². The summed E-state index contributed by atoms with van der Waals surface area (Å²) in [6, 6.07) is -0.740. The molecule has 2 N–H and O–H groups in total. The van der Waals surface area contributed by atoms with Crippen molar-refractivity contribution in [3.05, 3.63) is 40.0 Å². The first-order valence-electron chi connectivity index (χ1n) is 13.9. The van der Waals surface area contributed by atoms with Gasteiger partial charge in [0.05, 0.1) is 11.7 Å². The second-order valence-corrected chi connectivity index (χ2v) is 11.4. The standard InChI is InChI=1S/C27H36ClFN2O4.C2H6/c1-15(2)10-16-11-19(12-16)26-25(17-6-7-17)27(35-31-26)18(8-9-24(33)34)13-23(32)30-22-5-3-4-20(28)14-21(22)29;1-2/h4,14-19,22H,3,5-13H2,1-2H3,(H,30,32)(H,33,34);1-2H3/t16?,18-,19?,22?;/m0./s1. The number of nitrogens with one attached hydrogen (secondary N) is 1. The van der Waals surface area contributed by atoms with E-state index in [0.717, 1.165) is 36.9 Å². The Labute approximate surface area is 225 Å². The van der Waals surface area contributed by atoms with Gasteiger partial charge in [-0.2, -0.15) is 0 Å². The van der Waals surface area contributed by atoms with Gasteiger partial charge < -0.3 is 14.9 Å². The summed E-state index contributed by atoms with van der Waals surface area (Å²) in [7, 11) is 0. The molecule has 2 saturated carbocycles. The summed E-state index contributed by atoms with van der Waals surface area (Å²) in [6.07, 6.45) is 9.73. The number of nitrogens with zero attached hydrogens (tertiary/aromatic N) is 1. The van der Waals surface area contributed by atoms with E-state index in [-0.39, 0.29) is 25.2 Å². The van der Waals surface area contributed by atoms with Crippen molar-refractivity contribution in [3.8, 4) is 0 Å². The summed E-state index contributed by atoms with van der Waals surface area (Å²) in [6.45, 7) is 8.49.